The van der Waals surface area contributed by atoms with Gasteiger partial charge in [-0.25, -0.2) is 8.42 Å². The van der Waals surface area contributed by atoms with Crippen LogP contribution in [-0.4, -0.2) is 35.6 Å². The summed E-state index contributed by atoms with van der Waals surface area (Å²) < 4.78 is 55.1. The van der Waals surface area contributed by atoms with Crippen molar-refractivity contribution < 1.29 is 17.2 Å². The first-order valence-electron chi connectivity index (χ1n) is 7.51. The normalized spacial score (nSPS) is 17.3. The summed E-state index contributed by atoms with van der Waals surface area (Å²) in [5, 5.41) is 4.08. The van der Waals surface area contributed by atoms with Crippen LogP contribution in [0.4, 0.5) is 8.78 Å². The standard InChI is InChI=1S/C14H18F2N3O2PS2/c1-18-12(14(15,16)22)9-10(17-18)11-5-6-13(23-11)24(20,21)19-7-3-2-4-8-19/h5-6,9H,2-4,7-8,22H2,1H3. The molecule has 1 fully saturated rings. The summed E-state index contributed by atoms with van der Waals surface area (Å²) in [6.07, 6.45) is 2.77. The Morgan fingerprint density at radius 2 is 1.92 bits per heavy atom. The molecule has 0 aromatic carbocycles. The number of halogens is 2. The molecular weight excluding hydrogens is 375 g/mol. The molecule has 3 rings (SSSR count). The summed E-state index contributed by atoms with van der Waals surface area (Å²) in [5.41, 5.74) is -2.98. The van der Waals surface area contributed by atoms with Crippen molar-refractivity contribution in [2.75, 3.05) is 13.1 Å². The maximum Gasteiger partial charge on any atom is 0.299 e. The van der Waals surface area contributed by atoms with Crippen LogP contribution in [0.15, 0.2) is 22.4 Å². The lowest BCUT2D eigenvalue weighted by Crippen LogP contribution is -2.35. The molecule has 0 saturated carbocycles. The first-order chi connectivity index (χ1) is 11.2. The lowest BCUT2D eigenvalue weighted by Gasteiger charge is -2.25. The van der Waals surface area contributed by atoms with Crippen LogP contribution >= 0.6 is 20.6 Å². The molecule has 0 N–H and O–H groups in total. The second-order valence-corrected chi connectivity index (χ2v) is 9.72. The van der Waals surface area contributed by atoms with Crippen molar-refractivity contribution in [1.29, 1.82) is 0 Å². The third kappa shape index (κ3) is 3.40. The van der Waals surface area contributed by atoms with E-state index >= 15 is 0 Å². The number of sulfonamides is 1. The fraction of sp³-hybridized carbons (Fsp3) is 0.500. The SMILES string of the molecule is Cn1nc(-c2ccc(S(=O)(=O)N3CCCCC3)s2)cc1C(F)(F)P. The minimum atomic E-state index is -3.52. The van der Waals surface area contributed by atoms with E-state index in [9.17, 15) is 17.2 Å². The fourth-order valence-electron chi connectivity index (χ4n) is 2.73. The Morgan fingerprint density at radius 3 is 2.50 bits per heavy atom. The highest BCUT2D eigenvalue weighted by Crippen LogP contribution is 2.38. The first-order valence-corrected chi connectivity index (χ1v) is 10.3. The van der Waals surface area contributed by atoms with Crippen LogP contribution in [0.1, 0.15) is 25.0 Å². The van der Waals surface area contributed by atoms with Crippen LogP contribution in [0.5, 0.6) is 0 Å². The number of hydrogen-bond donors (Lipinski definition) is 0. The van der Waals surface area contributed by atoms with Crippen LogP contribution < -0.4 is 0 Å². The molecule has 2 aromatic rings. The first kappa shape index (κ1) is 17.9. The second kappa shape index (κ2) is 6.44. The van der Waals surface area contributed by atoms with Gasteiger partial charge in [-0.05, 0) is 31.0 Å². The second-order valence-electron chi connectivity index (χ2n) is 5.74. The van der Waals surface area contributed by atoms with Gasteiger partial charge in [0, 0.05) is 20.1 Å². The monoisotopic (exact) mass is 393 g/mol. The van der Waals surface area contributed by atoms with E-state index in [2.05, 4.69) is 5.10 Å². The summed E-state index contributed by atoms with van der Waals surface area (Å²) in [5.74, 6) is 0. The number of piperidine rings is 1. The molecule has 5 nitrogen and oxygen atoms in total. The molecule has 1 aliphatic heterocycles. The van der Waals surface area contributed by atoms with E-state index in [1.165, 1.54) is 32.7 Å². The van der Waals surface area contributed by atoms with Crippen LogP contribution in [0.2, 0.25) is 0 Å². The van der Waals surface area contributed by atoms with E-state index in [4.69, 9.17) is 0 Å². The van der Waals surface area contributed by atoms with Gasteiger partial charge in [0.15, 0.2) is 0 Å². The average molecular weight is 393 g/mol. The zero-order valence-corrected chi connectivity index (χ0v) is 15.9. The maximum atomic E-state index is 13.5. The van der Waals surface area contributed by atoms with Gasteiger partial charge in [-0.2, -0.15) is 18.2 Å². The largest absolute Gasteiger partial charge is 0.299 e. The van der Waals surface area contributed by atoms with E-state index in [1.54, 1.807) is 6.07 Å². The lowest BCUT2D eigenvalue weighted by atomic mass is 10.2. The van der Waals surface area contributed by atoms with Gasteiger partial charge in [-0.15, -0.1) is 11.3 Å². The molecule has 0 aliphatic carbocycles. The number of nitrogens with zero attached hydrogens (tertiary/aromatic N) is 3. The van der Waals surface area contributed by atoms with Gasteiger partial charge in [-0.3, -0.25) is 4.68 Å². The quantitative estimate of drug-likeness (QED) is 0.750. The predicted molar refractivity (Wildman–Crippen MR) is 92.7 cm³/mol. The highest BCUT2D eigenvalue weighted by molar-refractivity contribution is 7.91. The van der Waals surface area contributed by atoms with Crippen LogP contribution in [0, 0.1) is 0 Å². The zero-order valence-electron chi connectivity index (χ0n) is 13.1. The lowest BCUT2D eigenvalue weighted by molar-refractivity contribution is 0.0938. The number of alkyl halides is 2. The summed E-state index contributed by atoms with van der Waals surface area (Å²) in [6.45, 7) is 1.06. The number of rotatable bonds is 4. The molecule has 132 valence electrons. The maximum absolute atomic E-state index is 13.5. The van der Waals surface area contributed by atoms with E-state index in [-0.39, 0.29) is 9.90 Å². The Balaban J connectivity index is 1.91. The smallest absolute Gasteiger partial charge is 0.266 e. The minimum Gasteiger partial charge on any atom is -0.266 e. The van der Waals surface area contributed by atoms with Gasteiger partial charge >= 0.3 is 0 Å². The molecule has 10 heteroatoms. The van der Waals surface area contributed by atoms with Gasteiger partial charge in [0.25, 0.3) is 15.7 Å². The summed E-state index contributed by atoms with van der Waals surface area (Å²) in [6, 6.07) is 4.43. The number of aromatic nitrogens is 2. The Bertz CT molecular complexity index is 837. The molecule has 1 unspecified atom stereocenters. The van der Waals surface area contributed by atoms with E-state index in [0.29, 0.717) is 23.7 Å². The van der Waals surface area contributed by atoms with E-state index in [0.717, 1.165) is 35.3 Å². The average Bonchev–Trinajstić information content (AvgIpc) is 3.14. The molecule has 3 heterocycles. The van der Waals surface area contributed by atoms with Crippen molar-refractivity contribution >= 4 is 30.6 Å². The Morgan fingerprint density at radius 1 is 1.25 bits per heavy atom. The van der Waals surface area contributed by atoms with Crippen molar-refractivity contribution in [2.24, 2.45) is 7.05 Å². The topological polar surface area (TPSA) is 55.2 Å². The number of aryl methyl sites for hydroxylation is 1. The number of thiophene rings is 1. The molecule has 0 radical (unpaired) electrons. The van der Waals surface area contributed by atoms with Crippen LogP contribution in [0.25, 0.3) is 10.6 Å². The Hall–Kier alpha value is -0.890. The van der Waals surface area contributed by atoms with Gasteiger partial charge in [0.2, 0.25) is 0 Å². The van der Waals surface area contributed by atoms with E-state index in [1.807, 2.05) is 0 Å². The highest BCUT2D eigenvalue weighted by Gasteiger charge is 2.31. The van der Waals surface area contributed by atoms with E-state index < -0.39 is 15.7 Å². The Kier molecular flexibility index (Phi) is 4.81. The minimum absolute atomic E-state index is 0.226. The molecule has 1 atom stereocenters. The predicted octanol–water partition coefficient (Wildman–Crippen LogP) is 3.25. The van der Waals surface area contributed by atoms with Crippen LogP contribution in [0.3, 0.4) is 0 Å². The molecule has 0 amide bonds. The molecule has 2 aromatic heterocycles. The third-order valence-corrected chi connectivity index (χ3v) is 7.73. The van der Waals surface area contributed by atoms with Crippen molar-refractivity contribution in [3.63, 3.8) is 0 Å². The van der Waals surface area contributed by atoms with Crippen molar-refractivity contribution in [2.45, 2.75) is 29.1 Å². The molecular formula is C14H18F2N3O2PS2. The molecule has 24 heavy (non-hydrogen) atoms. The third-order valence-electron chi connectivity index (χ3n) is 3.96. The van der Waals surface area contributed by atoms with Gasteiger partial charge in [-0.1, -0.05) is 15.7 Å². The fourth-order valence-corrected chi connectivity index (χ4v) is 5.93. The van der Waals surface area contributed by atoms with Gasteiger partial charge < -0.3 is 0 Å². The summed E-state index contributed by atoms with van der Waals surface area (Å²) in [4.78, 5) is 0.557. The van der Waals surface area contributed by atoms with Crippen LogP contribution in [-0.2, 0) is 22.7 Å². The van der Waals surface area contributed by atoms with Crippen molar-refractivity contribution in [3.05, 3.63) is 23.9 Å². The van der Waals surface area contributed by atoms with Crippen molar-refractivity contribution in [1.82, 2.24) is 14.1 Å². The molecule has 0 spiro atoms. The van der Waals surface area contributed by atoms with Gasteiger partial charge in [0.05, 0.1) is 4.88 Å². The molecule has 1 saturated heterocycles. The number of hydrogen-bond acceptors (Lipinski definition) is 4. The summed E-state index contributed by atoms with van der Waals surface area (Å²) >= 11 is 1.06. The summed E-state index contributed by atoms with van der Waals surface area (Å²) in [7, 11) is -0.593. The highest BCUT2D eigenvalue weighted by atomic mass is 32.2. The molecule has 0 bridgehead atoms. The van der Waals surface area contributed by atoms with Gasteiger partial charge in [0.1, 0.15) is 15.6 Å². The zero-order chi connectivity index (χ0) is 17.5. The Labute approximate surface area is 145 Å². The van der Waals surface area contributed by atoms with Crippen molar-refractivity contribution in [3.8, 4) is 10.6 Å². The molecule has 1 aliphatic rings.